The number of hydrogen-bond donors (Lipinski definition) is 3. The van der Waals surface area contributed by atoms with Crippen LogP contribution in [0.25, 0.3) is 11.3 Å². The Hall–Kier alpha value is -4.21. The standard InChI is InChI=1S/C29H34F4N8O4/c1-15-13-40(14-16(2)36-15)27-37-22(24(45-27)29(31,32)33)12-35-25(42)17-4-7-41(28(10-17)5-6-28)26(43)21-9-20(38-39-21)18-8-23(44-3)34-11-19(18)30/h8-9,11,15-17,36H,4-7,10,12-14H2,1-3H3,(H,35,42)(H,38,39)/t15-,16+,17?. The van der Waals surface area contributed by atoms with Gasteiger partial charge in [-0.3, -0.25) is 14.7 Å². The topological polar surface area (TPSA) is 142 Å². The highest BCUT2D eigenvalue weighted by molar-refractivity contribution is 5.94. The van der Waals surface area contributed by atoms with E-state index in [4.69, 9.17) is 9.15 Å². The number of rotatable bonds is 7. The number of halogens is 4. The molecule has 1 aliphatic carbocycles. The molecule has 3 N–H and O–H groups in total. The Balaban J connectivity index is 1.11. The van der Waals surface area contributed by atoms with Crippen molar-refractivity contribution in [3.8, 4) is 17.1 Å². The van der Waals surface area contributed by atoms with Crippen LogP contribution >= 0.6 is 0 Å². The number of aromatic amines is 1. The van der Waals surface area contributed by atoms with E-state index in [-0.39, 0.29) is 59.1 Å². The lowest BCUT2D eigenvalue weighted by Gasteiger charge is -2.39. The number of ether oxygens (including phenoxy) is 1. The zero-order valence-electron chi connectivity index (χ0n) is 25.0. The van der Waals surface area contributed by atoms with Crippen molar-refractivity contribution in [1.82, 2.24) is 35.7 Å². The van der Waals surface area contributed by atoms with Crippen LogP contribution in [-0.4, -0.2) is 81.2 Å². The second kappa shape index (κ2) is 11.6. The Morgan fingerprint density at radius 3 is 2.60 bits per heavy atom. The molecule has 1 unspecified atom stereocenters. The second-order valence-corrected chi connectivity index (χ2v) is 12.1. The van der Waals surface area contributed by atoms with E-state index in [9.17, 15) is 27.2 Å². The molecule has 1 spiro atoms. The van der Waals surface area contributed by atoms with Crippen molar-refractivity contribution in [3.05, 3.63) is 41.3 Å². The lowest BCUT2D eigenvalue weighted by molar-refractivity contribution is -0.153. The molecule has 0 bridgehead atoms. The van der Waals surface area contributed by atoms with Gasteiger partial charge in [0.05, 0.1) is 25.5 Å². The van der Waals surface area contributed by atoms with E-state index in [1.165, 1.54) is 19.2 Å². The van der Waals surface area contributed by atoms with E-state index in [2.05, 4.69) is 30.8 Å². The minimum absolute atomic E-state index is 0.0365. The maximum Gasteiger partial charge on any atom is 0.451 e. The molecule has 3 aromatic heterocycles. The highest BCUT2D eigenvalue weighted by Crippen LogP contribution is 2.50. The van der Waals surface area contributed by atoms with E-state index in [1.54, 1.807) is 9.80 Å². The summed E-state index contributed by atoms with van der Waals surface area (Å²) >= 11 is 0. The first-order valence-corrected chi connectivity index (χ1v) is 14.8. The summed E-state index contributed by atoms with van der Waals surface area (Å²) in [5.41, 5.74) is -0.410. The highest BCUT2D eigenvalue weighted by atomic mass is 19.4. The summed E-state index contributed by atoms with van der Waals surface area (Å²) in [6.07, 6.45) is -1.70. The number of nitrogens with one attached hydrogen (secondary N) is 3. The predicted molar refractivity (Wildman–Crippen MR) is 152 cm³/mol. The fourth-order valence-electron chi connectivity index (χ4n) is 6.41. The zero-order valence-corrected chi connectivity index (χ0v) is 25.0. The summed E-state index contributed by atoms with van der Waals surface area (Å²) in [5.74, 6) is -2.87. The lowest BCUT2D eigenvalue weighted by Crippen LogP contribution is -2.54. The number of piperazine rings is 1. The Morgan fingerprint density at radius 1 is 1.20 bits per heavy atom. The highest BCUT2D eigenvalue weighted by Gasteiger charge is 2.54. The van der Waals surface area contributed by atoms with Gasteiger partial charge in [0.1, 0.15) is 11.4 Å². The largest absolute Gasteiger partial charge is 0.481 e. The molecule has 2 aliphatic heterocycles. The minimum Gasteiger partial charge on any atom is -0.481 e. The molecule has 2 amide bonds. The molecule has 3 atom stereocenters. The average molecular weight is 635 g/mol. The third-order valence-electron chi connectivity index (χ3n) is 8.67. The van der Waals surface area contributed by atoms with Gasteiger partial charge in [-0.15, -0.1) is 0 Å². The monoisotopic (exact) mass is 634 g/mol. The Kier molecular flexibility index (Phi) is 7.95. The fraction of sp³-hybridized carbons (Fsp3) is 0.552. The van der Waals surface area contributed by atoms with Gasteiger partial charge < -0.3 is 29.6 Å². The number of carbonyl (C=O) groups excluding carboxylic acids is 2. The van der Waals surface area contributed by atoms with Crippen LogP contribution < -0.4 is 20.3 Å². The van der Waals surface area contributed by atoms with Crippen LogP contribution in [0.1, 0.15) is 61.5 Å². The van der Waals surface area contributed by atoms with Crippen molar-refractivity contribution < 1.29 is 36.3 Å². The van der Waals surface area contributed by atoms with Crippen molar-refractivity contribution in [1.29, 1.82) is 0 Å². The first-order valence-electron chi connectivity index (χ1n) is 14.8. The molecule has 16 heteroatoms. The predicted octanol–water partition coefficient (Wildman–Crippen LogP) is 3.51. The van der Waals surface area contributed by atoms with Crippen LogP contribution in [0.2, 0.25) is 0 Å². The van der Waals surface area contributed by atoms with E-state index in [0.717, 1.165) is 6.20 Å². The van der Waals surface area contributed by atoms with Gasteiger partial charge in [-0.1, -0.05) is 0 Å². The van der Waals surface area contributed by atoms with Crippen LogP contribution in [0.3, 0.4) is 0 Å². The average Bonchev–Trinajstić information content (AvgIpc) is 3.39. The molecule has 12 nitrogen and oxygen atoms in total. The van der Waals surface area contributed by atoms with E-state index in [1.807, 2.05) is 13.8 Å². The van der Waals surface area contributed by atoms with Crippen LogP contribution in [0.4, 0.5) is 23.6 Å². The van der Waals surface area contributed by atoms with Gasteiger partial charge in [0, 0.05) is 54.8 Å². The van der Waals surface area contributed by atoms with E-state index in [0.29, 0.717) is 38.8 Å². The number of aromatic nitrogens is 4. The second-order valence-electron chi connectivity index (χ2n) is 12.1. The molecule has 0 radical (unpaired) electrons. The first kappa shape index (κ1) is 30.8. The number of carbonyl (C=O) groups is 2. The third-order valence-corrected chi connectivity index (χ3v) is 8.67. The lowest BCUT2D eigenvalue weighted by atomic mass is 9.88. The van der Waals surface area contributed by atoms with Crippen LogP contribution in [0.15, 0.2) is 22.7 Å². The Labute approximate surface area is 255 Å². The third kappa shape index (κ3) is 6.19. The smallest absolute Gasteiger partial charge is 0.451 e. The van der Waals surface area contributed by atoms with Crippen molar-refractivity contribution in [2.75, 3.05) is 31.6 Å². The van der Waals surface area contributed by atoms with Gasteiger partial charge in [-0.2, -0.15) is 23.3 Å². The minimum atomic E-state index is -4.78. The van der Waals surface area contributed by atoms with Crippen LogP contribution in [0.5, 0.6) is 5.88 Å². The molecule has 6 rings (SSSR count). The summed E-state index contributed by atoms with van der Waals surface area (Å²) in [6, 6.07) is 2.80. The maximum absolute atomic E-state index is 14.4. The number of methoxy groups -OCH3 is 1. The van der Waals surface area contributed by atoms with E-state index < -0.39 is 41.7 Å². The summed E-state index contributed by atoms with van der Waals surface area (Å²) < 4.78 is 66.2. The van der Waals surface area contributed by atoms with Gasteiger partial charge in [-0.25, -0.2) is 9.37 Å². The normalized spacial score (nSPS) is 22.9. The Morgan fingerprint density at radius 2 is 1.93 bits per heavy atom. The molecule has 5 heterocycles. The molecule has 0 aromatic carbocycles. The number of piperidine rings is 1. The van der Waals surface area contributed by atoms with Crippen LogP contribution in [-0.2, 0) is 17.5 Å². The maximum atomic E-state index is 14.4. The summed E-state index contributed by atoms with van der Waals surface area (Å²) in [6.45, 7) is 4.55. The molecule has 3 aromatic rings. The molecule has 3 fully saturated rings. The van der Waals surface area contributed by atoms with Crippen molar-refractivity contribution >= 4 is 17.8 Å². The molecular weight excluding hydrogens is 600 g/mol. The van der Waals surface area contributed by atoms with Gasteiger partial charge >= 0.3 is 6.18 Å². The van der Waals surface area contributed by atoms with Crippen molar-refractivity contribution in [3.63, 3.8) is 0 Å². The number of hydrogen-bond acceptors (Lipinski definition) is 9. The van der Waals surface area contributed by atoms with Gasteiger partial charge in [0.25, 0.3) is 11.9 Å². The number of oxazole rings is 1. The van der Waals surface area contributed by atoms with Crippen LogP contribution in [0, 0.1) is 11.7 Å². The van der Waals surface area contributed by atoms with Gasteiger partial charge in [0.15, 0.2) is 5.82 Å². The molecule has 45 heavy (non-hydrogen) atoms. The number of pyridine rings is 1. The number of nitrogens with zero attached hydrogens (tertiary/aromatic N) is 5. The summed E-state index contributed by atoms with van der Waals surface area (Å²) in [7, 11) is 1.40. The zero-order chi connectivity index (χ0) is 32.1. The number of amides is 2. The molecule has 2 saturated heterocycles. The first-order chi connectivity index (χ1) is 21.4. The summed E-state index contributed by atoms with van der Waals surface area (Å²) in [5, 5.41) is 12.7. The van der Waals surface area contributed by atoms with Gasteiger partial charge in [-0.05, 0) is 45.6 Å². The van der Waals surface area contributed by atoms with Gasteiger partial charge in [0.2, 0.25) is 17.5 Å². The van der Waals surface area contributed by atoms with E-state index >= 15 is 0 Å². The Bertz CT molecular complexity index is 1580. The number of likely N-dealkylation sites (tertiary alicyclic amines) is 1. The molecular formula is C29H34F4N8O4. The van der Waals surface area contributed by atoms with Crippen molar-refractivity contribution in [2.24, 2.45) is 5.92 Å². The summed E-state index contributed by atoms with van der Waals surface area (Å²) in [4.78, 5) is 38.0. The molecule has 1 saturated carbocycles. The fourth-order valence-corrected chi connectivity index (χ4v) is 6.41. The number of alkyl halides is 3. The SMILES string of the molecule is COc1cc(-c2cc(C(=O)N3CCC(C(=O)NCc4nc(N5C[C@@H](C)N[C@@H](C)C5)oc4C(F)(F)F)CC34CC4)[nH]n2)c(F)cn1. The molecule has 3 aliphatic rings. The number of H-pyrrole nitrogens is 1. The molecule has 242 valence electrons. The quantitative estimate of drug-likeness (QED) is 0.333. The van der Waals surface area contributed by atoms with Crippen molar-refractivity contribution in [2.45, 2.75) is 69.9 Å². The number of anilines is 1.